The van der Waals surface area contributed by atoms with Crippen LogP contribution in [0.3, 0.4) is 0 Å². The van der Waals surface area contributed by atoms with Crippen molar-refractivity contribution in [3.63, 3.8) is 0 Å². The predicted octanol–water partition coefficient (Wildman–Crippen LogP) is 2.24. The fourth-order valence-corrected chi connectivity index (χ4v) is 1.10. The minimum atomic E-state index is -0.598. The number of hydrogen-bond acceptors (Lipinski definition) is 3. The monoisotopic (exact) mass is 224 g/mol. The van der Waals surface area contributed by atoms with Crippen molar-refractivity contribution in [1.29, 1.82) is 0 Å². The van der Waals surface area contributed by atoms with Gasteiger partial charge in [-0.25, -0.2) is 0 Å². The first kappa shape index (κ1) is 13.0. The Morgan fingerprint density at radius 3 is 2.31 bits per heavy atom. The van der Waals surface area contributed by atoms with Gasteiger partial charge in [-0.05, 0) is 32.9 Å². The third kappa shape index (κ3) is 5.73. The summed E-state index contributed by atoms with van der Waals surface area (Å²) < 4.78 is 10.9. The Kier molecular flexibility index (Phi) is 4.77. The highest BCUT2D eigenvalue weighted by atomic mass is 16.5. The quantitative estimate of drug-likeness (QED) is 0.833. The maximum absolute atomic E-state index is 9.62. The molecule has 3 nitrogen and oxygen atoms in total. The lowest BCUT2D eigenvalue weighted by Crippen LogP contribution is -2.29. The fraction of sp³-hybridized carbons (Fsp3) is 0.538. The largest absolute Gasteiger partial charge is 0.491 e. The van der Waals surface area contributed by atoms with E-state index in [9.17, 15) is 5.11 Å². The van der Waals surface area contributed by atoms with Crippen molar-refractivity contribution in [1.82, 2.24) is 0 Å². The van der Waals surface area contributed by atoms with E-state index in [2.05, 4.69) is 0 Å². The second kappa shape index (κ2) is 5.87. The van der Waals surface area contributed by atoms with Gasteiger partial charge in [0.05, 0.1) is 12.2 Å². The molecule has 0 saturated heterocycles. The zero-order valence-corrected chi connectivity index (χ0v) is 10.1. The lowest BCUT2D eigenvalue weighted by atomic mass is 10.2. The van der Waals surface area contributed by atoms with Gasteiger partial charge in [0.25, 0.3) is 0 Å². The third-order valence-corrected chi connectivity index (χ3v) is 1.89. The van der Waals surface area contributed by atoms with Gasteiger partial charge in [-0.2, -0.15) is 0 Å². The van der Waals surface area contributed by atoms with Gasteiger partial charge in [0.2, 0.25) is 0 Å². The van der Waals surface area contributed by atoms with Gasteiger partial charge in [-0.1, -0.05) is 18.2 Å². The topological polar surface area (TPSA) is 38.7 Å². The Hall–Kier alpha value is -1.06. The molecule has 0 aliphatic rings. The zero-order chi connectivity index (χ0) is 12.0. The summed E-state index contributed by atoms with van der Waals surface area (Å²) in [7, 11) is 0. The van der Waals surface area contributed by atoms with Gasteiger partial charge in [0.1, 0.15) is 18.5 Å². The molecule has 0 amide bonds. The van der Waals surface area contributed by atoms with E-state index in [-0.39, 0.29) is 18.8 Å². The molecule has 1 unspecified atom stereocenters. The first-order valence-corrected chi connectivity index (χ1v) is 5.47. The molecule has 1 atom stereocenters. The smallest absolute Gasteiger partial charge is 0.119 e. The van der Waals surface area contributed by atoms with Crippen LogP contribution in [0.25, 0.3) is 0 Å². The van der Waals surface area contributed by atoms with E-state index in [0.717, 1.165) is 5.75 Å². The third-order valence-electron chi connectivity index (χ3n) is 1.89. The van der Waals surface area contributed by atoms with Crippen molar-refractivity contribution in [3.8, 4) is 5.75 Å². The van der Waals surface area contributed by atoms with Crippen molar-refractivity contribution in [3.05, 3.63) is 30.3 Å². The Morgan fingerprint density at radius 1 is 1.12 bits per heavy atom. The van der Waals surface area contributed by atoms with E-state index >= 15 is 0 Å². The molecule has 3 heteroatoms. The molecule has 1 aromatic carbocycles. The average Bonchev–Trinajstić information content (AvgIpc) is 2.24. The molecule has 1 N–H and O–H groups in total. The van der Waals surface area contributed by atoms with Crippen molar-refractivity contribution in [2.24, 2.45) is 0 Å². The molecule has 90 valence electrons. The Balaban J connectivity index is 2.23. The van der Waals surface area contributed by atoms with Crippen molar-refractivity contribution >= 4 is 0 Å². The molecule has 0 aliphatic carbocycles. The summed E-state index contributed by atoms with van der Waals surface area (Å²) in [6.07, 6.45) is -0.598. The molecule has 0 fully saturated rings. The van der Waals surface area contributed by atoms with Gasteiger partial charge in [-0.15, -0.1) is 0 Å². The van der Waals surface area contributed by atoms with Crippen LogP contribution in [0.2, 0.25) is 0 Å². The standard InChI is InChI=1S/C13H20O3/c1-13(2,3)16-10-11(14)9-15-12-7-5-4-6-8-12/h4-8,11,14H,9-10H2,1-3H3. The summed E-state index contributed by atoms with van der Waals surface area (Å²) in [5.41, 5.74) is -0.228. The molecule has 0 aliphatic heterocycles. The van der Waals surface area contributed by atoms with E-state index in [1.54, 1.807) is 0 Å². The molecule has 0 aromatic heterocycles. The van der Waals surface area contributed by atoms with Crippen LogP contribution in [0.15, 0.2) is 30.3 Å². The van der Waals surface area contributed by atoms with Crippen LogP contribution in [0, 0.1) is 0 Å². The lowest BCUT2D eigenvalue weighted by Gasteiger charge is -2.22. The summed E-state index contributed by atoms with van der Waals surface area (Å²) in [5, 5.41) is 9.62. The number of ether oxygens (including phenoxy) is 2. The predicted molar refractivity (Wildman–Crippen MR) is 63.6 cm³/mol. The Morgan fingerprint density at radius 2 is 1.75 bits per heavy atom. The van der Waals surface area contributed by atoms with E-state index in [1.807, 2.05) is 51.1 Å². The summed E-state index contributed by atoms with van der Waals surface area (Å²) in [6.45, 7) is 6.41. The number of hydrogen-bond donors (Lipinski definition) is 1. The van der Waals surface area contributed by atoms with Crippen LogP contribution in [0.5, 0.6) is 5.75 Å². The summed E-state index contributed by atoms with van der Waals surface area (Å²) in [6, 6.07) is 9.43. The van der Waals surface area contributed by atoms with E-state index in [0.29, 0.717) is 0 Å². The van der Waals surface area contributed by atoms with Crippen molar-refractivity contribution < 1.29 is 14.6 Å². The van der Waals surface area contributed by atoms with Crippen LogP contribution >= 0.6 is 0 Å². The molecule has 0 heterocycles. The highest BCUT2D eigenvalue weighted by Gasteiger charge is 2.13. The minimum Gasteiger partial charge on any atom is -0.491 e. The molecule has 1 aromatic rings. The SMILES string of the molecule is CC(C)(C)OCC(O)COc1ccccc1. The maximum Gasteiger partial charge on any atom is 0.119 e. The number of rotatable bonds is 5. The van der Waals surface area contributed by atoms with Crippen LogP contribution in [-0.4, -0.2) is 30.0 Å². The molecule has 0 bridgehead atoms. The van der Waals surface area contributed by atoms with Crippen molar-refractivity contribution in [2.45, 2.75) is 32.5 Å². The van der Waals surface area contributed by atoms with Gasteiger partial charge in [-0.3, -0.25) is 0 Å². The Labute approximate surface area is 97.0 Å². The van der Waals surface area contributed by atoms with Crippen molar-refractivity contribution in [2.75, 3.05) is 13.2 Å². The minimum absolute atomic E-state index is 0.228. The average molecular weight is 224 g/mol. The van der Waals surface area contributed by atoms with Gasteiger partial charge in [0, 0.05) is 0 Å². The molecule has 0 saturated carbocycles. The van der Waals surface area contributed by atoms with Gasteiger partial charge < -0.3 is 14.6 Å². The molecule has 0 radical (unpaired) electrons. The van der Waals surface area contributed by atoms with Crippen LogP contribution in [-0.2, 0) is 4.74 Å². The molecule has 1 rings (SSSR count). The molecular formula is C13H20O3. The summed E-state index contributed by atoms with van der Waals surface area (Å²) in [5.74, 6) is 0.761. The zero-order valence-electron chi connectivity index (χ0n) is 10.1. The number of aliphatic hydroxyl groups is 1. The molecule has 16 heavy (non-hydrogen) atoms. The van der Waals surface area contributed by atoms with Gasteiger partial charge >= 0.3 is 0 Å². The summed E-state index contributed by atoms with van der Waals surface area (Å²) in [4.78, 5) is 0. The van der Waals surface area contributed by atoms with Crippen LogP contribution in [0.4, 0.5) is 0 Å². The highest BCUT2D eigenvalue weighted by molar-refractivity contribution is 5.20. The number of benzene rings is 1. The second-order valence-electron chi connectivity index (χ2n) is 4.70. The van der Waals surface area contributed by atoms with E-state index < -0.39 is 6.10 Å². The fourth-order valence-electron chi connectivity index (χ4n) is 1.10. The highest BCUT2D eigenvalue weighted by Crippen LogP contribution is 2.10. The molecule has 0 spiro atoms. The lowest BCUT2D eigenvalue weighted by molar-refractivity contribution is -0.0586. The second-order valence-corrected chi connectivity index (χ2v) is 4.70. The van der Waals surface area contributed by atoms with Gasteiger partial charge in [0.15, 0.2) is 0 Å². The van der Waals surface area contributed by atoms with Crippen LogP contribution < -0.4 is 4.74 Å². The number of aliphatic hydroxyl groups excluding tert-OH is 1. The van der Waals surface area contributed by atoms with Crippen LogP contribution in [0.1, 0.15) is 20.8 Å². The maximum atomic E-state index is 9.62. The first-order chi connectivity index (χ1) is 7.47. The first-order valence-electron chi connectivity index (χ1n) is 5.47. The van der Waals surface area contributed by atoms with E-state index in [4.69, 9.17) is 9.47 Å². The van der Waals surface area contributed by atoms with E-state index in [1.165, 1.54) is 0 Å². The Bertz CT molecular complexity index is 290. The molecular weight excluding hydrogens is 204 g/mol. The summed E-state index contributed by atoms with van der Waals surface area (Å²) >= 11 is 0. The number of para-hydroxylation sites is 1. The normalized spacial score (nSPS) is 13.5.